The zero-order chi connectivity index (χ0) is 27.2. The molecule has 210 valence electrons. The van der Waals surface area contributed by atoms with Gasteiger partial charge in [-0.25, -0.2) is 14.4 Å². The summed E-state index contributed by atoms with van der Waals surface area (Å²) >= 11 is 1.35. The van der Waals surface area contributed by atoms with Gasteiger partial charge in [0.05, 0.1) is 41.4 Å². The second-order valence-corrected chi connectivity index (χ2v) is 11.0. The van der Waals surface area contributed by atoms with Crippen LogP contribution in [0.3, 0.4) is 0 Å². The van der Waals surface area contributed by atoms with Crippen LogP contribution in [-0.4, -0.2) is 79.5 Å². The minimum Gasteiger partial charge on any atom is -0.488 e. The third-order valence-electron chi connectivity index (χ3n) is 7.42. The largest absolute Gasteiger partial charge is 0.488 e. The first-order valence-electron chi connectivity index (χ1n) is 13.6. The Labute approximate surface area is 232 Å². The third kappa shape index (κ3) is 6.84. The molecule has 11 heteroatoms. The number of aryl methyl sites for hydroxylation is 1. The number of ether oxygens (including phenoxy) is 3. The second-order valence-electron chi connectivity index (χ2n) is 10.0. The number of amides is 1. The molecule has 1 aromatic carbocycles. The standard InChI is InChI=1S/C28H36FN5O4S/c1-18-24-26(33-22-9-4-19(29)16-23(22)38-21-7-5-20(36-2)6-8-21)31-17-32-28(24)39-25(18)27(35)30-10-3-11-34-12-14-37-15-13-34/h4,9,16-17,20-21H,3,5-8,10-15H2,1-2H3,(H,30,35)(H,31,32,33). The molecular weight excluding hydrogens is 521 g/mol. The molecule has 0 atom stereocenters. The van der Waals surface area contributed by atoms with Gasteiger partial charge in [-0.05, 0) is 63.3 Å². The van der Waals surface area contributed by atoms with Crippen LogP contribution in [0.4, 0.5) is 15.9 Å². The Kier molecular flexibility index (Phi) is 9.23. The van der Waals surface area contributed by atoms with Gasteiger partial charge in [-0.3, -0.25) is 9.69 Å². The number of anilines is 2. The molecule has 0 spiro atoms. The molecule has 1 aliphatic carbocycles. The van der Waals surface area contributed by atoms with Gasteiger partial charge in [0.2, 0.25) is 0 Å². The summed E-state index contributed by atoms with van der Waals surface area (Å²) in [5.41, 5.74) is 1.43. The lowest BCUT2D eigenvalue weighted by Gasteiger charge is -2.28. The van der Waals surface area contributed by atoms with Gasteiger partial charge in [0.25, 0.3) is 5.91 Å². The summed E-state index contributed by atoms with van der Waals surface area (Å²) in [5, 5.41) is 7.15. The highest BCUT2D eigenvalue weighted by Crippen LogP contribution is 2.37. The molecule has 0 bridgehead atoms. The van der Waals surface area contributed by atoms with E-state index in [0.717, 1.165) is 75.9 Å². The molecule has 5 rings (SSSR count). The van der Waals surface area contributed by atoms with Crippen molar-refractivity contribution in [3.8, 4) is 5.75 Å². The van der Waals surface area contributed by atoms with E-state index in [1.54, 1.807) is 13.2 Å². The fraction of sp³-hybridized carbons (Fsp3) is 0.536. The summed E-state index contributed by atoms with van der Waals surface area (Å²) in [5.74, 6) is 0.516. The van der Waals surface area contributed by atoms with Crippen molar-refractivity contribution in [1.29, 1.82) is 0 Å². The fourth-order valence-electron chi connectivity index (χ4n) is 5.18. The van der Waals surface area contributed by atoms with E-state index in [4.69, 9.17) is 14.2 Å². The van der Waals surface area contributed by atoms with Gasteiger partial charge in [0.1, 0.15) is 28.5 Å². The van der Waals surface area contributed by atoms with E-state index < -0.39 is 0 Å². The van der Waals surface area contributed by atoms with E-state index >= 15 is 0 Å². The second kappa shape index (κ2) is 13.0. The van der Waals surface area contributed by atoms with Crippen LogP contribution in [0.1, 0.15) is 47.3 Å². The molecule has 3 heterocycles. The van der Waals surface area contributed by atoms with Gasteiger partial charge in [-0.1, -0.05) is 0 Å². The SMILES string of the molecule is COC1CCC(Oc2cc(F)ccc2Nc2ncnc3sc(C(=O)NCCCN4CCOCC4)c(C)c23)CC1. The summed E-state index contributed by atoms with van der Waals surface area (Å²) < 4.78 is 31.3. The smallest absolute Gasteiger partial charge is 0.261 e. The van der Waals surface area contributed by atoms with Crippen molar-refractivity contribution < 1.29 is 23.4 Å². The molecule has 2 aliphatic rings. The van der Waals surface area contributed by atoms with E-state index in [9.17, 15) is 9.18 Å². The molecular formula is C28H36FN5O4S. The minimum atomic E-state index is -0.367. The van der Waals surface area contributed by atoms with Crippen LogP contribution in [0, 0.1) is 12.7 Å². The van der Waals surface area contributed by atoms with E-state index in [2.05, 4.69) is 25.5 Å². The third-order valence-corrected chi connectivity index (χ3v) is 8.62. The van der Waals surface area contributed by atoms with Gasteiger partial charge in [-0.2, -0.15) is 0 Å². The molecule has 1 saturated heterocycles. The average Bonchev–Trinajstić information content (AvgIpc) is 3.30. The van der Waals surface area contributed by atoms with Gasteiger partial charge in [-0.15, -0.1) is 11.3 Å². The van der Waals surface area contributed by atoms with Gasteiger partial charge in [0, 0.05) is 32.8 Å². The molecule has 1 aliphatic heterocycles. The Morgan fingerprint density at radius 1 is 1.18 bits per heavy atom. The number of carbonyl (C=O) groups excluding carboxylic acids is 1. The number of hydrogen-bond donors (Lipinski definition) is 2. The number of nitrogens with one attached hydrogen (secondary N) is 2. The lowest BCUT2D eigenvalue weighted by atomic mass is 9.95. The number of fused-ring (bicyclic) bond motifs is 1. The number of morpholine rings is 1. The van der Waals surface area contributed by atoms with Crippen LogP contribution in [0.5, 0.6) is 5.75 Å². The molecule has 39 heavy (non-hydrogen) atoms. The summed E-state index contributed by atoms with van der Waals surface area (Å²) in [6.07, 6.45) is 6.12. The van der Waals surface area contributed by atoms with Crippen molar-refractivity contribution in [3.05, 3.63) is 40.8 Å². The Hall–Kier alpha value is -2.86. The first-order valence-corrected chi connectivity index (χ1v) is 14.4. The molecule has 2 N–H and O–H groups in total. The molecule has 1 saturated carbocycles. The lowest BCUT2D eigenvalue weighted by molar-refractivity contribution is 0.0329. The average molecular weight is 558 g/mol. The Morgan fingerprint density at radius 3 is 2.72 bits per heavy atom. The molecule has 0 radical (unpaired) electrons. The number of aromatic nitrogens is 2. The maximum absolute atomic E-state index is 14.2. The highest BCUT2D eigenvalue weighted by Gasteiger charge is 2.24. The normalized spacial score (nSPS) is 20.2. The Balaban J connectivity index is 1.28. The van der Waals surface area contributed by atoms with Crippen LogP contribution < -0.4 is 15.4 Å². The molecule has 9 nitrogen and oxygen atoms in total. The van der Waals surface area contributed by atoms with Crippen LogP contribution in [0.2, 0.25) is 0 Å². The summed E-state index contributed by atoms with van der Waals surface area (Å²) in [7, 11) is 1.73. The molecule has 0 unspecified atom stereocenters. The quantitative estimate of drug-likeness (QED) is 0.347. The summed E-state index contributed by atoms with van der Waals surface area (Å²) in [6, 6.07) is 4.45. The molecule has 3 aromatic rings. The number of rotatable bonds is 10. The summed E-state index contributed by atoms with van der Waals surface area (Å²) in [4.78, 5) is 25.6. The molecule has 1 amide bonds. The van der Waals surface area contributed by atoms with Crippen molar-refractivity contribution in [2.75, 3.05) is 51.8 Å². The fourth-order valence-corrected chi connectivity index (χ4v) is 6.25. The monoisotopic (exact) mass is 557 g/mol. The van der Waals surface area contributed by atoms with Crippen LogP contribution in [0.25, 0.3) is 10.2 Å². The zero-order valence-electron chi connectivity index (χ0n) is 22.5. The van der Waals surface area contributed by atoms with Crippen molar-refractivity contribution >= 4 is 39.0 Å². The number of methoxy groups -OCH3 is 1. The van der Waals surface area contributed by atoms with Crippen molar-refractivity contribution in [1.82, 2.24) is 20.2 Å². The topological polar surface area (TPSA) is 97.8 Å². The van der Waals surface area contributed by atoms with Crippen LogP contribution in [-0.2, 0) is 9.47 Å². The van der Waals surface area contributed by atoms with Crippen molar-refractivity contribution in [2.24, 2.45) is 0 Å². The Bertz CT molecular complexity index is 1270. The maximum atomic E-state index is 14.2. The predicted octanol–water partition coefficient (Wildman–Crippen LogP) is 4.67. The lowest BCUT2D eigenvalue weighted by Crippen LogP contribution is -2.38. The minimum absolute atomic E-state index is 0.00871. The maximum Gasteiger partial charge on any atom is 0.261 e. The highest BCUT2D eigenvalue weighted by molar-refractivity contribution is 7.20. The highest BCUT2D eigenvalue weighted by atomic mass is 32.1. The van der Waals surface area contributed by atoms with Gasteiger partial charge in [0.15, 0.2) is 0 Å². The predicted molar refractivity (Wildman–Crippen MR) is 150 cm³/mol. The first-order chi connectivity index (χ1) is 19.0. The number of benzene rings is 1. The van der Waals surface area contributed by atoms with E-state index in [1.807, 2.05) is 6.92 Å². The van der Waals surface area contributed by atoms with E-state index in [1.165, 1.54) is 29.8 Å². The number of nitrogens with zero attached hydrogens (tertiary/aromatic N) is 3. The number of thiophene rings is 1. The Morgan fingerprint density at radius 2 is 1.95 bits per heavy atom. The molecule has 2 aromatic heterocycles. The first kappa shape index (κ1) is 27.7. The van der Waals surface area contributed by atoms with Gasteiger partial charge >= 0.3 is 0 Å². The van der Waals surface area contributed by atoms with Crippen LogP contribution >= 0.6 is 11.3 Å². The van der Waals surface area contributed by atoms with Crippen molar-refractivity contribution in [3.63, 3.8) is 0 Å². The number of hydrogen-bond acceptors (Lipinski definition) is 9. The van der Waals surface area contributed by atoms with E-state index in [0.29, 0.717) is 33.5 Å². The number of halogens is 1. The van der Waals surface area contributed by atoms with Crippen molar-refractivity contribution in [2.45, 2.75) is 51.2 Å². The number of carbonyl (C=O) groups is 1. The zero-order valence-corrected chi connectivity index (χ0v) is 23.3. The summed E-state index contributed by atoms with van der Waals surface area (Å²) in [6.45, 7) is 6.86. The molecule has 2 fully saturated rings. The van der Waals surface area contributed by atoms with E-state index in [-0.39, 0.29) is 23.9 Å². The van der Waals surface area contributed by atoms with Gasteiger partial charge < -0.3 is 24.8 Å². The van der Waals surface area contributed by atoms with Crippen LogP contribution in [0.15, 0.2) is 24.5 Å².